The molecule has 1 aliphatic heterocycles. The molecule has 2 aromatic rings. The van der Waals surface area contributed by atoms with Crippen molar-refractivity contribution in [3.63, 3.8) is 0 Å². The van der Waals surface area contributed by atoms with Crippen LogP contribution in [0.1, 0.15) is 12.5 Å². The van der Waals surface area contributed by atoms with Gasteiger partial charge in [-0.3, -0.25) is 4.90 Å². The normalized spacial score (nSPS) is 15.4. The number of methoxy groups -OCH3 is 1. The highest BCUT2D eigenvalue weighted by atomic mass is 16.6. The van der Waals surface area contributed by atoms with Crippen LogP contribution < -0.4 is 4.74 Å². The molecule has 6 nitrogen and oxygen atoms in total. The highest BCUT2D eigenvalue weighted by Gasteiger charge is 2.23. The van der Waals surface area contributed by atoms with Gasteiger partial charge in [-0.2, -0.15) is 0 Å². The maximum Gasteiger partial charge on any atom is 0.409 e. The minimum absolute atomic E-state index is 0.250. The fraction of sp³-hybridized carbons (Fsp3) is 0.421. The fourth-order valence-electron chi connectivity index (χ4n) is 3.17. The molecule has 0 spiro atoms. The molecule has 0 bridgehead atoms. The molecule has 0 aromatic heterocycles. The largest absolute Gasteiger partial charge is 0.508 e. The molecule has 134 valence electrons. The zero-order valence-corrected chi connectivity index (χ0v) is 14.7. The smallest absolute Gasteiger partial charge is 0.409 e. The van der Waals surface area contributed by atoms with Crippen molar-refractivity contribution in [2.24, 2.45) is 0 Å². The third kappa shape index (κ3) is 3.79. The summed E-state index contributed by atoms with van der Waals surface area (Å²) in [4.78, 5) is 15.8. The van der Waals surface area contributed by atoms with Gasteiger partial charge in [0.1, 0.15) is 11.5 Å². The molecule has 6 heteroatoms. The Labute approximate surface area is 147 Å². The van der Waals surface area contributed by atoms with Crippen molar-refractivity contribution in [2.45, 2.75) is 13.5 Å². The number of fused-ring (bicyclic) bond motifs is 1. The van der Waals surface area contributed by atoms with Crippen LogP contribution in [0.2, 0.25) is 0 Å². The average molecular weight is 344 g/mol. The molecular formula is C19H24N2O4. The van der Waals surface area contributed by atoms with Crippen LogP contribution in [-0.2, 0) is 11.3 Å². The van der Waals surface area contributed by atoms with E-state index < -0.39 is 0 Å². The summed E-state index contributed by atoms with van der Waals surface area (Å²) in [6.07, 6.45) is -0.250. The number of aromatic hydroxyl groups is 1. The van der Waals surface area contributed by atoms with Gasteiger partial charge in [-0.15, -0.1) is 0 Å². The van der Waals surface area contributed by atoms with Crippen molar-refractivity contribution in [2.75, 3.05) is 39.9 Å². The molecule has 0 radical (unpaired) electrons. The summed E-state index contributed by atoms with van der Waals surface area (Å²) in [5.41, 5.74) is 0.890. The molecule has 0 unspecified atom stereocenters. The van der Waals surface area contributed by atoms with Crippen LogP contribution >= 0.6 is 0 Å². The van der Waals surface area contributed by atoms with Crippen molar-refractivity contribution >= 4 is 16.9 Å². The van der Waals surface area contributed by atoms with Gasteiger partial charge in [0.15, 0.2) is 0 Å². The Bertz CT molecular complexity index is 754. The average Bonchev–Trinajstić information content (AvgIpc) is 2.64. The third-order valence-corrected chi connectivity index (χ3v) is 4.60. The first-order chi connectivity index (χ1) is 12.1. The standard InChI is InChI=1S/C19H24N2O4/c1-3-25-19(23)21-10-8-20(9-11-21)13-17-16-12-15(24-2)6-4-14(16)5-7-18(17)22/h4-7,12,22H,3,8-11,13H2,1-2H3. The molecular weight excluding hydrogens is 320 g/mol. The van der Waals surface area contributed by atoms with Gasteiger partial charge >= 0.3 is 6.09 Å². The molecule has 0 saturated carbocycles. The van der Waals surface area contributed by atoms with Crippen LogP contribution in [0.5, 0.6) is 11.5 Å². The van der Waals surface area contributed by atoms with E-state index in [1.54, 1.807) is 18.1 Å². The predicted octanol–water partition coefficient (Wildman–Crippen LogP) is 2.83. The van der Waals surface area contributed by atoms with Crippen LogP contribution in [-0.4, -0.2) is 60.9 Å². The van der Waals surface area contributed by atoms with Crippen LogP contribution in [0.4, 0.5) is 4.79 Å². The van der Waals surface area contributed by atoms with Crippen molar-refractivity contribution in [3.8, 4) is 11.5 Å². The van der Waals surface area contributed by atoms with Gasteiger partial charge in [0, 0.05) is 38.3 Å². The summed E-state index contributed by atoms with van der Waals surface area (Å²) in [6.45, 7) is 5.60. The van der Waals surface area contributed by atoms with Crippen LogP contribution in [0.25, 0.3) is 10.8 Å². The summed E-state index contributed by atoms with van der Waals surface area (Å²) < 4.78 is 10.4. The maximum absolute atomic E-state index is 11.8. The lowest BCUT2D eigenvalue weighted by atomic mass is 10.0. The number of phenols is 1. The quantitative estimate of drug-likeness (QED) is 0.924. The molecule has 1 amide bonds. The second-order valence-electron chi connectivity index (χ2n) is 6.11. The Morgan fingerprint density at radius 1 is 1.16 bits per heavy atom. The summed E-state index contributed by atoms with van der Waals surface area (Å²) in [7, 11) is 1.64. The monoisotopic (exact) mass is 344 g/mol. The molecule has 2 aromatic carbocycles. The van der Waals surface area contributed by atoms with Gasteiger partial charge in [-0.1, -0.05) is 12.1 Å². The van der Waals surface area contributed by atoms with E-state index in [2.05, 4.69) is 4.90 Å². The number of rotatable bonds is 4. The van der Waals surface area contributed by atoms with Gasteiger partial charge in [0.25, 0.3) is 0 Å². The topological polar surface area (TPSA) is 62.2 Å². The number of benzene rings is 2. The predicted molar refractivity (Wildman–Crippen MR) is 96.0 cm³/mol. The number of hydrogen-bond acceptors (Lipinski definition) is 5. The Morgan fingerprint density at radius 3 is 2.56 bits per heavy atom. The highest BCUT2D eigenvalue weighted by Crippen LogP contribution is 2.31. The number of ether oxygens (including phenoxy) is 2. The first kappa shape index (κ1) is 17.4. The van der Waals surface area contributed by atoms with Crippen molar-refractivity contribution < 1.29 is 19.4 Å². The molecule has 1 heterocycles. The van der Waals surface area contributed by atoms with E-state index in [1.165, 1.54) is 0 Å². The van der Waals surface area contributed by atoms with Gasteiger partial charge in [0.05, 0.1) is 13.7 Å². The molecule has 1 N–H and O–H groups in total. The first-order valence-electron chi connectivity index (χ1n) is 8.55. The zero-order valence-electron chi connectivity index (χ0n) is 14.7. The van der Waals surface area contributed by atoms with Crippen LogP contribution in [0.15, 0.2) is 30.3 Å². The Morgan fingerprint density at radius 2 is 1.88 bits per heavy atom. The van der Waals surface area contributed by atoms with Crippen molar-refractivity contribution in [3.05, 3.63) is 35.9 Å². The Balaban J connectivity index is 1.75. The van der Waals surface area contributed by atoms with Crippen LogP contribution in [0.3, 0.4) is 0 Å². The molecule has 1 saturated heterocycles. The molecule has 1 fully saturated rings. The number of hydrogen-bond donors (Lipinski definition) is 1. The zero-order chi connectivity index (χ0) is 17.8. The fourth-order valence-corrected chi connectivity index (χ4v) is 3.17. The molecule has 25 heavy (non-hydrogen) atoms. The maximum atomic E-state index is 11.8. The molecule has 0 aliphatic carbocycles. The first-order valence-corrected chi connectivity index (χ1v) is 8.55. The minimum Gasteiger partial charge on any atom is -0.508 e. The van der Waals surface area contributed by atoms with Gasteiger partial charge < -0.3 is 19.5 Å². The van der Waals surface area contributed by atoms with E-state index in [-0.39, 0.29) is 11.8 Å². The highest BCUT2D eigenvalue weighted by molar-refractivity contribution is 5.89. The lowest BCUT2D eigenvalue weighted by Crippen LogP contribution is -2.48. The second-order valence-corrected chi connectivity index (χ2v) is 6.11. The molecule has 0 atom stereocenters. The second kappa shape index (κ2) is 7.61. The summed E-state index contributed by atoms with van der Waals surface area (Å²) in [5.74, 6) is 1.06. The van der Waals surface area contributed by atoms with E-state index in [9.17, 15) is 9.90 Å². The molecule has 3 rings (SSSR count). The minimum atomic E-state index is -0.250. The van der Waals surface area contributed by atoms with Crippen molar-refractivity contribution in [1.29, 1.82) is 0 Å². The lowest BCUT2D eigenvalue weighted by Gasteiger charge is -2.34. The number of carbonyl (C=O) groups excluding carboxylic acids is 1. The van der Waals surface area contributed by atoms with E-state index in [1.807, 2.05) is 31.2 Å². The van der Waals surface area contributed by atoms with Gasteiger partial charge in [0.2, 0.25) is 0 Å². The van der Waals surface area contributed by atoms with E-state index >= 15 is 0 Å². The number of piperazine rings is 1. The van der Waals surface area contributed by atoms with Gasteiger partial charge in [-0.25, -0.2) is 4.79 Å². The number of amides is 1. The lowest BCUT2D eigenvalue weighted by molar-refractivity contribution is 0.0777. The van der Waals surface area contributed by atoms with Gasteiger partial charge in [-0.05, 0) is 35.9 Å². The number of carbonyl (C=O) groups is 1. The van der Waals surface area contributed by atoms with E-state index in [4.69, 9.17) is 9.47 Å². The summed E-state index contributed by atoms with van der Waals surface area (Å²) in [5, 5.41) is 12.4. The molecule has 1 aliphatic rings. The Kier molecular flexibility index (Phi) is 5.28. The Hall–Kier alpha value is -2.47. The number of nitrogens with zero attached hydrogens (tertiary/aromatic N) is 2. The van der Waals surface area contributed by atoms with Crippen molar-refractivity contribution in [1.82, 2.24) is 9.80 Å². The van der Waals surface area contributed by atoms with E-state index in [0.29, 0.717) is 26.2 Å². The SMILES string of the molecule is CCOC(=O)N1CCN(Cc2c(O)ccc3ccc(OC)cc23)CC1. The number of phenolic OH excluding ortho intramolecular Hbond substituents is 1. The van der Waals surface area contributed by atoms with Crippen LogP contribution in [0, 0.1) is 0 Å². The third-order valence-electron chi connectivity index (χ3n) is 4.60. The summed E-state index contributed by atoms with van der Waals surface area (Å²) >= 11 is 0. The van der Waals surface area contributed by atoms with E-state index in [0.717, 1.165) is 35.2 Å². The summed E-state index contributed by atoms with van der Waals surface area (Å²) in [6, 6.07) is 9.52.